The Hall–Kier alpha value is -1.50. The molecular formula is C12H21N5OS. The highest BCUT2D eigenvalue weighted by Crippen LogP contribution is 2.17. The number of likely N-dealkylation sites (N-methyl/N-ethyl adjacent to an activating group) is 1. The summed E-state index contributed by atoms with van der Waals surface area (Å²) in [6.07, 6.45) is 2.95. The molecule has 3 N–H and O–H groups in total. The molecule has 1 rings (SSSR count). The number of nitrogens with zero attached hydrogens (tertiary/aromatic N) is 2. The lowest BCUT2D eigenvalue weighted by atomic mass is 10.3. The minimum atomic E-state index is -0.339. The van der Waals surface area contributed by atoms with Gasteiger partial charge in [0.25, 0.3) is 0 Å². The number of amides is 1. The Balaban J connectivity index is 2.84. The number of carbonyl (C=O) groups excluding carboxylic acids is 1. The molecule has 0 fully saturated rings. The van der Waals surface area contributed by atoms with Crippen LogP contribution in [0.5, 0.6) is 0 Å². The Morgan fingerprint density at radius 2 is 2.11 bits per heavy atom. The van der Waals surface area contributed by atoms with Crippen LogP contribution in [0.3, 0.4) is 0 Å². The molecule has 0 aromatic carbocycles. The maximum Gasteiger partial charge on any atom is 0.241 e. The molecule has 1 aromatic heterocycles. The fraction of sp³-hybridized carbons (Fsp3) is 0.583. The van der Waals surface area contributed by atoms with Crippen molar-refractivity contribution < 1.29 is 4.79 Å². The summed E-state index contributed by atoms with van der Waals surface area (Å²) in [5.74, 6) is 1.34. The van der Waals surface area contributed by atoms with E-state index in [1.54, 1.807) is 14.0 Å². The SMILES string of the molecule is CCCNc1cc(NC(C)C(=O)NC)nc(SC)n1. The molecule has 1 aromatic rings. The van der Waals surface area contributed by atoms with Gasteiger partial charge in [0.1, 0.15) is 17.7 Å². The molecule has 1 atom stereocenters. The lowest BCUT2D eigenvalue weighted by molar-refractivity contribution is -0.121. The third-order valence-corrected chi connectivity index (χ3v) is 3.00. The zero-order valence-electron chi connectivity index (χ0n) is 11.8. The summed E-state index contributed by atoms with van der Waals surface area (Å²) >= 11 is 1.47. The average Bonchev–Trinajstić information content (AvgIpc) is 2.43. The van der Waals surface area contributed by atoms with Crippen molar-refractivity contribution in [2.24, 2.45) is 0 Å². The molecule has 7 heteroatoms. The summed E-state index contributed by atoms with van der Waals surface area (Å²) in [4.78, 5) is 20.2. The summed E-state index contributed by atoms with van der Waals surface area (Å²) in [6.45, 7) is 4.74. The highest BCUT2D eigenvalue weighted by Gasteiger charge is 2.12. The van der Waals surface area contributed by atoms with Crippen LogP contribution in [-0.4, -0.2) is 41.8 Å². The predicted octanol–water partition coefficient (Wildman–Crippen LogP) is 1.57. The smallest absolute Gasteiger partial charge is 0.241 e. The summed E-state index contributed by atoms with van der Waals surface area (Å²) in [5, 5.41) is 9.56. The molecule has 0 radical (unpaired) electrons. The van der Waals surface area contributed by atoms with Crippen molar-refractivity contribution in [1.29, 1.82) is 0 Å². The van der Waals surface area contributed by atoms with E-state index < -0.39 is 0 Å². The Morgan fingerprint density at radius 3 is 2.68 bits per heavy atom. The summed E-state index contributed by atoms with van der Waals surface area (Å²) in [7, 11) is 1.61. The molecule has 0 bridgehead atoms. The summed E-state index contributed by atoms with van der Waals surface area (Å²) in [6, 6.07) is 1.48. The fourth-order valence-corrected chi connectivity index (χ4v) is 1.82. The van der Waals surface area contributed by atoms with Crippen LogP contribution in [0.2, 0.25) is 0 Å². The van der Waals surface area contributed by atoms with Crippen LogP contribution < -0.4 is 16.0 Å². The maximum absolute atomic E-state index is 11.5. The van der Waals surface area contributed by atoms with Crippen LogP contribution in [0.1, 0.15) is 20.3 Å². The van der Waals surface area contributed by atoms with Crippen LogP contribution in [0.15, 0.2) is 11.2 Å². The molecule has 0 aliphatic carbocycles. The van der Waals surface area contributed by atoms with E-state index in [1.165, 1.54) is 11.8 Å². The molecule has 0 aliphatic rings. The second-order valence-electron chi connectivity index (χ2n) is 4.03. The van der Waals surface area contributed by atoms with Crippen molar-refractivity contribution in [3.63, 3.8) is 0 Å². The maximum atomic E-state index is 11.5. The van der Waals surface area contributed by atoms with Gasteiger partial charge in [-0.3, -0.25) is 4.79 Å². The van der Waals surface area contributed by atoms with Gasteiger partial charge in [0, 0.05) is 19.7 Å². The molecule has 0 spiro atoms. The van der Waals surface area contributed by atoms with E-state index in [2.05, 4.69) is 32.8 Å². The Bertz CT molecular complexity index is 427. The third-order valence-electron chi connectivity index (χ3n) is 2.45. The van der Waals surface area contributed by atoms with Crippen LogP contribution >= 0.6 is 11.8 Å². The Kier molecular flexibility index (Phi) is 6.41. The standard InChI is InChI=1S/C12H21N5OS/c1-5-6-14-9-7-10(17-12(16-9)19-4)15-8(2)11(18)13-3/h7-8H,5-6H2,1-4H3,(H,13,18)(H2,14,15,16,17). The third kappa shape index (κ3) is 4.94. The van der Waals surface area contributed by atoms with Crippen LogP contribution in [-0.2, 0) is 4.79 Å². The van der Waals surface area contributed by atoms with Gasteiger partial charge in [-0.05, 0) is 19.6 Å². The summed E-state index contributed by atoms with van der Waals surface area (Å²) in [5.41, 5.74) is 0. The second kappa shape index (κ2) is 7.83. The van der Waals surface area contributed by atoms with E-state index in [9.17, 15) is 4.79 Å². The van der Waals surface area contributed by atoms with E-state index in [4.69, 9.17) is 0 Å². The molecule has 1 unspecified atom stereocenters. The monoisotopic (exact) mass is 283 g/mol. The van der Waals surface area contributed by atoms with E-state index in [1.807, 2.05) is 12.3 Å². The first kappa shape index (κ1) is 15.6. The van der Waals surface area contributed by atoms with E-state index in [0.717, 1.165) is 18.8 Å². The van der Waals surface area contributed by atoms with Crippen LogP contribution in [0.4, 0.5) is 11.6 Å². The second-order valence-corrected chi connectivity index (χ2v) is 4.81. The molecule has 1 amide bonds. The van der Waals surface area contributed by atoms with Gasteiger partial charge in [-0.25, -0.2) is 9.97 Å². The lowest BCUT2D eigenvalue weighted by Crippen LogP contribution is -2.35. The first-order chi connectivity index (χ1) is 9.10. The van der Waals surface area contributed by atoms with Crippen LogP contribution in [0.25, 0.3) is 0 Å². The Morgan fingerprint density at radius 1 is 1.42 bits per heavy atom. The number of nitrogens with one attached hydrogen (secondary N) is 3. The van der Waals surface area contributed by atoms with E-state index in [-0.39, 0.29) is 11.9 Å². The quantitative estimate of drug-likeness (QED) is 0.521. The predicted molar refractivity (Wildman–Crippen MR) is 79.7 cm³/mol. The van der Waals surface area contributed by atoms with Crippen molar-refractivity contribution in [2.45, 2.75) is 31.5 Å². The number of anilines is 2. The van der Waals surface area contributed by atoms with Gasteiger partial charge >= 0.3 is 0 Å². The summed E-state index contributed by atoms with van der Waals surface area (Å²) < 4.78 is 0. The normalized spacial score (nSPS) is 11.8. The molecule has 6 nitrogen and oxygen atoms in total. The molecule has 19 heavy (non-hydrogen) atoms. The molecule has 0 saturated heterocycles. The number of aromatic nitrogens is 2. The minimum Gasteiger partial charge on any atom is -0.370 e. The highest BCUT2D eigenvalue weighted by molar-refractivity contribution is 7.98. The first-order valence-electron chi connectivity index (χ1n) is 6.25. The van der Waals surface area contributed by atoms with Crippen molar-refractivity contribution in [2.75, 3.05) is 30.5 Å². The van der Waals surface area contributed by atoms with Crippen LogP contribution in [0, 0.1) is 0 Å². The molecule has 106 valence electrons. The number of hydrogen-bond donors (Lipinski definition) is 3. The van der Waals surface area contributed by atoms with Gasteiger partial charge in [0.05, 0.1) is 0 Å². The number of rotatable bonds is 7. The van der Waals surface area contributed by atoms with Gasteiger partial charge in [-0.2, -0.15) is 0 Å². The highest BCUT2D eigenvalue weighted by atomic mass is 32.2. The largest absolute Gasteiger partial charge is 0.370 e. The van der Waals surface area contributed by atoms with Gasteiger partial charge < -0.3 is 16.0 Å². The first-order valence-corrected chi connectivity index (χ1v) is 7.48. The topological polar surface area (TPSA) is 78.9 Å². The van der Waals surface area contributed by atoms with Crippen molar-refractivity contribution in [3.05, 3.63) is 6.07 Å². The van der Waals surface area contributed by atoms with Gasteiger partial charge in [0.2, 0.25) is 5.91 Å². The van der Waals surface area contributed by atoms with Gasteiger partial charge in [-0.15, -0.1) is 0 Å². The number of carbonyl (C=O) groups is 1. The molecular weight excluding hydrogens is 262 g/mol. The molecule has 0 saturated carbocycles. The van der Waals surface area contributed by atoms with Crippen molar-refractivity contribution in [1.82, 2.24) is 15.3 Å². The number of thioether (sulfide) groups is 1. The van der Waals surface area contributed by atoms with Crippen molar-refractivity contribution >= 4 is 29.3 Å². The lowest BCUT2D eigenvalue weighted by Gasteiger charge is -2.14. The van der Waals surface area contributed by atoms with Crippen molar-refractivity contribution in [3.8, 4) is 0 Å². The zero-order valence-corrected chi connectivity index (χ0v) is 12.6. The van der Waals surface area contributed by atoms with E-state index >= 15 is 0 Å². The average molecular weight is 283 g/mol. The van der Waals surface area contributed by atoms with Gasteiger partial charge in [-0.1, -0.05) is 18.7 Å². The zero-order chi connectivity index (χ0) is 14.3. The Labute approximate surface area is 118 Å². The number of hydrogen-bond acceptors (Lipinski definition) is 6. The molecule has 0 aliphatic heterocycles. The fourth-order valence-electron chi connectivity index (χ4n) is 1.44. The van der Waals surface area contributed by atoms with E-state index in [0.29, 0.717) is 11.0 Å². The minimum absolute atomic E-state index is 0.0765. The van der Waals surface area contributed by atoms with Gasteiger partial charge in [0.15, 0.2) is 5.16 Å². The molecule has 1 heterocycles.